The van der Waals surface area contributed by atoms with E-state index in [9.17, 15) is 0 Å². The molecule has 4 heteroatoms. The Morgan fingerprint density at radius 2 is 1.95 bits per heavy atom. The molecule has 1 heterocycles. The monoisotopic (exact) mass is 313 g/mol. The van der Waals surface area contributed by atoms with E-state index in [0.29, 0.717) is 21.9 Å². The minimum atomic E-state index is 0.519. The van der Waals surface area contributed by atoms with Crippen molar-refractivity contribution in [2.24, 2.45) is 11.8 Å². The summed E-state index contributed by atoms with van der Waals surface area (Å²) in [5.41, 5.74) is 1.29. The standard InChI is InChI=1S/C16H21Cl2NO/c17-15-4-3-12(7-16(15)18)14-5-6-19-8-13(14)10-20-9-11-1-2-11/h3-4,7,11,13-14,19H,1-2,5-6,8-10H2/t13-,14-/m1/s1. The summed E-state index contributed by atoms with van der Waals surface area (Å²) < 4.78 is 5.90. The summed E-state index contributed by atoms with van der Waals surface area (Å²) in [6.45, 7) is 3.86. The van der Waals surface area contributed by atoms with Gasteiger partial charge in [0.2, 0.25) is 0 Å². The quantitative estimate of drug-likeness (QED) is 0.883. The van der Waals surface area contributed by atoms with Crippen molar-refractivity contribution in [1.29, 1.82) is 0 Å². The largest absolute Gasteiger partial charge is 0.381 e. The minimum Gasteiger partial charge on any atom is -0.381 e. The lowest BCUT2D eigenvalue weighted by Crippen LogP contribution is -2.38. The SMILES string of the molecule is Clc1ccc([C@H]2CCNC[C@@H]2COCC2CC2)cc1Cl. The fraction of sp³-hybridized carbons (Fsp3) is 0.625. The highest BCUT2D eigenvalue weighted by Gasteiger charge is 2.28. The number of hydrogen-bond acceptors (Lipinski definition) is 2. The van der Waals surface area contributed by atoms with Crippen LogP contribution in [0.15, 0.2) is 18.2 Å². The van der Waals surface area contributed by atoms with Crippen LogP contribution in [0.5, 0.6) is 0 Å². The lowest BCUT2D eigenvalue weighted by Gasteiger charge is -2.32. The van der Waals surface area contributed by atoms with Crippen LogP contribution >= 0.6 is 23.2 Å². The topological polar surface area (TPSA) is 21.3 Å². The Morgan fingerprint density at radius 3 is 2.70 bits per heavy atom. The molecule has 2 fully saturated rings. The molecule has 110 valence electrons. The van der Waals surface area contributed by atoms with Crippen molar-refractivity contribution >= 4 is 23.2 Å². The van der Waals surface area contributed by atoms with Crippen molar-refractivity contribution < 1.29 is 4.74 Å². The highest BCUT2D eigenvalue weighted by molar-refractivity contribution is 6.42. The van der Waals surface area contributed by atoms with Crippen LogP contribution in [-0.2, 0) is 4.74 Å². The molecule has 0 radical (unpaired) electrons. The first kappa shape index (κ1) is 14.6. The normalized spacial score (nSPS) is 26.7. The van der Waals surface area contributed by atoms with Gasteiger partial charge in [-0.2, -0.15) is 0 Å². The van der Waals surface area contributed by atoms with Crippen LogP contribution in [0.3, 0.4) is 0 Å². The third-order valence-corrected chi connectivity index (χ3v) is 5.10. The Labute approximate surface area is 130 Å². The third-order valence-electron chi connectivity index (χ3n) is 4.36. The minimum absolute atomic E-state index is 0.519. The van der Waals surface area contributed by atoms with Crippen molar-refractivity contribution in [3.63, 3.8) is 0 Å². The molecule has 3 rings (SSSR count). The average molecular weight is 314 g/mol. The Bertz CT molecular complexity index is 462. The smallest absolute Gasteiger partial charge is 0.0595 e. The van der Waals surface area contributed by atoms with E-state index in [1.54, 1.807) is 0 Å². The van der Waals surface area contributed by atoms with Gasteiger partial charge in [0, 0.05) is 19.1 Å². The predicted molar refractivity (Wildman–Crippen MR) is 83.7 cm³/mol. The first-order chi connectivity index (χ1) is 9.74. The van der Waals surface area contributed by atoms with Gasteiger partial charge < -0.3 is 10.1 Å². The molecule has 20 heavy (non-hydrogen) atoms. The van der Waals surface area contributed by atoms with Crippen LogP contribution in [0.1, 0.15) is 30.7 Å². The van der Waals surface area contributed by atoms with E-state index >= 15 is 0 Å². The first-order valence-corrected chi connectivity index (χ1v) is 8.23. The van der Waals surface area contributed by atoms with Crippen LogP contribution in [0.4, 0.5) is 0 Å². The number of hydrogen-bond donors (Lipinski definition) is 1. The van der Waals surface area contributed by atoms with Crippen molar-refractivity contribution in [3.05, 3.63) is 33.8 Å². The maximum atomic E-state index is 6.16. The zero-order valence-electron chi connectivity index (χ0n) is 11.6. The Hall–Kier alpha value is -0.280. The molecule has 1 saturated heterocycles. The number of benzene rings is 1. The van der Waals surface area contributed by atoms with E-state index < -0.39 is 0 Å². The highest BCUT2D eigenvalue weighted by atomic mass is 35.5. The molecule has 0 amide bonds. The van der Waals surface area contributed by atoms with Gasteiger partial charge in [-0.25, -0.2) is 0 Å². The molecule has 1 aromatic carbocycles. The Kier molecular flexibility index (Phi) is 4.87. The predicted octanol–water partition coefficient (Wildman–Crippen LogP) is 4.11. The van der Waals surface area contributed by atoms with Gasteiger partial charge in [0.05, 0.1) is 16.7 Å². The van der Waals surface area contributed by atoms with Crippen LogP contribution in [0, 0.1) is 11.8 Å². The van der Waals surface area contributed by atoms with Gasteiger partial charge in [0.15, 0.2) is 0 Å². The summed E-state index contributed by atoms with van der Waals surface area (Å²) in [6, 6.07) is 6.04. The molecule has 0 spiro atoms. The fourth-order valence-electron chi connectivity index (χ4n) is 2.95. The van der Waals surface area contributed by atoms with E-state index in [-0.39, 0.29) is 0 Å². The molecule has 1 N–H and O–H groups in total. The molecule has 0 unspecified atom stereocenters. The molecule has 1 aliphatic carbocycles. The van der Waals surface area contributed by atoms with Gasteiger partial charge in [-0.05, 0) is 55.3 Å². The van der Waals surface area contributed by atoms with Crippen LogP contribution in [0.25, 0.3) is 0 Å². The van der Waals surface area contributed by atoms with Gasteiger partial charge in [-0.1, -0.05) is 29.3 Å². The van der Waals surface area contributed by atoms with Gasteiger partial charge in [-0.15, -0.1) is 0 Å². The van der Waals surface area contributed by atoms with Gasteiger partial charge in [0.1, 0.15) is 0 Å². The third kappa shape index (κ3) is 3.67. The molecule has 0 aromatic heterocycles. The van der Waals surface area contributed by atoms with Crippen LogP contribution in [0.2, 0.25) is 10.0 Å². The summed E-state index contributed by atoms with van der Waals surface area (Å²) in [4.78, 5) is 0. The van der Waals surface area contributed by atoms with Gasteiger partial charge in [-0.3, -0.25) is 0 Å². The summed E-state index contributed by atoms with van der Waals surface area (Å²) >= 11 is 12.2. The maximum absolute atomic E-state index is 6.16. The van der Waals surface area contributed by atoms with Crippen molar-refractivity contribution in [1.82, 2.24) is 5.32 Å². The molecule has 2 aliphatic rings. The number of ether oxygens (including phenoxy) is 1. The van der Waals surface area contributed by atoms with Gasteiger partial charge >= 0.3 is 0 Å². The zero-order valence-corrected chi connectivity index (χ0v) is 13.1. The van der Waals surface area contributed by atoms with Crippen molar-refractivity contribution in [2.75, 3.05) is 26.3 Å². The Balaban J connectivity index is 1.65. The summed E-state index contributed by atoms with van der Waals surface area (Å²) in [5, 5.41) is 4.76. The molecular weight excluding hydrogens is 293 g/mol. The summed E-state index contributed by atoms with van der Waals surface area (Å²) in [7, 11) is 0. The Morgan fingerprint density at radius 1 is 1.10 bits per heavy atom. The second-order valence-electron chi connectivity index (χ2n) is 6.01. The lowest BCUT2D eigenvalue weighted by molar-refractivity contribution is 0.0742. The molecule has 1 aromatic rings. The summed E-state index contributed by atoms with van der Waals surface area (Å²) in [6.07, 6.45) is 3.83. The molecule has 0 bridgehead atoms. The lowest BCUT2D eigenvalue weighted by atomic mass is 9.81. The van der Waals surface area contributed by atoms with Crippen molar-refractivity contribution in [3.8, 4) is 0 Å². The van der Waals surface area contributed by atoms with Gasteiger partial charge in [0.25, 0.3) is 0 Å². The molecule has 1 aliphatic heterocycles. The molecule has 1 saturated carbocycles. The van der Waals surface area contributed by atoms with E-state index in [0.717, 1.165) is 38.6 Å². The second kappa shape index (κ2) is 6.65. The van der Waals surface area contributed by atoms with Crippen LogP contribution < -0.4 is 5.32 Å². The van der Waals surface area contributed by atoms with E-state index in [4.69, 9.17) is 27.9 Å². The molecule has 2 atom stereocenters. The number of halogens is 2. The maximum Gasteiger partial charge on any atom is 0.0595 e. The van der Waals surface area contributed by atoms with E-state index in [2.05, 4.69) is 11.4 Å². The number of rotatable bonds is 5. The number of piperidine rings is 1. The van der Waals surface area contributed by atoms with Crippen molar-refractivity contribution in [2.45, 2.75) is 25.2 Å². The fourth-order valence-corrected chi connectivity index (χ4v) is 3.26. The second-order valence-corrected chi connectivity index (χ2v) is 6.83. The first-order valence-electron chi connectivity index (χ1n) is 7.47. The zero-order chi connectivity index (χ0) is 13.9. The number of nitrogens with one attached hydrogen (secondary N) is 1. The average Bonchev–Trinajstić information content (AvgIpc) is 3.27. The van der Waals surface area contributed by atoms with Crippen LogP contribution in [-0.4, -0.2) is 26.3 Å². The van der Waals surface area contributed by atoms with E-state index in [1.807, 2.05) is 12.1 Å². The summed E-state index contributed by atoms with van der Waals surface area (Å²) in [5.74, 6) is 1.87. The molecule has 2 nitrogen and oxygen atoms in total. The highest BCUT2D eigenvalue weighted by Crippen LogP contribution is 2.35. The molecular formula is C16H21Cl2NO. The van der Waals surface area contributed by atoms with E-state index in [1.165, 1.54) is 18.4 Å².